The predicted molar refractivity (Wildman–Crippen MR) is 84.5 cm³/mol. The first kappa shape index (κ1) is 17.0. The van der Waals surface area contributed by atoms with Crippen LogP contribution in [0, 0.1) is 0 Å². The fourth-order valence-electron chi connectivity index (χ4n) is 1.57. The van der Waals surface area contributed by atoms with Gasteiger partial charge in [-0.2, -0.15) is 0 Å². The third-order valence-corrected chi connectivity index (χ3v) is 3.25. The first-order chi connectivity index (χ1) is 9.40. The molecule has 0 aliphatic rings. The first-order valence-corrected chi connectivity index (χ1v) is 7.25. The lowest BCUT2D eigenvalue weighted by Crippen LogP contribution is -2.15. The molecule has 0 bridgehead atoms. The second-order valence-corrected chi connectivity index (χ2v) is 5.77. The van der Waals surface area contributed by atoms with Gasteiger partial charge in [-0.25, -0.2) is 4.79 Å². The van der Waals surface area contributed by atoms with Gasteiger partial charge in [-0.1, -0.05) is 11.6 Å². The maximum absolute atomic E-state index is 10.6. The molecule has 1 aromatic rings. The van der Waals surface area contributed by atoms with Crippen LogP contribution in [0.2, 0.25) is 5.02 Å². The maximum atomic E-state index is 10.6. The molecule has 110 valence electrons. The molecule has 0 fully saturated rings. The summed E-state index contributed by atoms with van der Waals surface area (Å²) in [6, 6.07) is 3.40. The summed E-state index contributed by atoms with van der Waals surface area (Å²) in [7, 11) is 4.00. The third kappa shape index (κ3) is 5.94. The van der Waals surface area contributed by atoms with Crippen LogP contribution in [0.5, 0.6) is 5.75 Å². The maximum Gasteiger partial charge on any atom is 0.328 e. The van der Waals surface area contributed by atoms with E-state index >= 15 is 0 Å². The number of halogens is 2. The number of nitrogens with zero attached hydrogens (tertiary/aromatic N) is 1. The van der Waals surface area contributed by atoms with E-state index in [1.54, 1.807) is 12.1 Å². The fraction of sp³-hybridized carbons (Fsp3) is 0.357. The van der Waals surface area contributed by atoms with Gasteiger partial charge in [-0.15, -0.1) is 0 Å². The van der Waals surface area contributed by atoms with Crippen molar-refractivity contribution in [3.05, 3.63) is 33.3 Å². The molecule has 20 heavy (non-hydrogen) atoms. The highest BCUT2D eigenvalue weighted by atomic mass is 79.9. The summed E-state index contributed by atoms with van der Waals surface area (Å²) in [6.45, 7) is 1.47. The average Bonchev–Trinajstić information content (AvgIpc) is 2.33. The number of aliphatic carboxylic acids is 1. The molecule has 0 aliphatic carbocycles. The van der Waals surface area contributed by atoms with E-state index in [9.17, 15) is 4.79 Å². The van der Waals surface area contributed by atoms with Crippen molar-refractivity contribution in [2.45, 2.75) is 6.42 Å². The largest absolute Gasteiger partial charge is 0.492 e. The normalized spacial score (nSPS) is 11.2. The third-order valence-electron chi connectivity index (χ3n) is 2.44. The Labute approximate surface area is 132 Å². The number of carboxylic acid groups (broad SMARTS) is 1. The Bertz CT molecular complexity index is 503. The molecule has 0 atom stereocenters. The Morgan fingerprint density at radius 1 is 1.50 bits per heavy atom. The number of rotatable bonds is 7. The Morgan fingerprint density at radius 3 is 2.80 bits per heavy atom. The van der Waals surface area contributed by atoms with E-state index in [-0.39, 0.29) is 0 Å². The van der Waals surface area contributed by atoms with Crippen molar-refractivity contribution in [2.75, 3.05) is 27.2 Å². The minimum Gasteiger partial charge on any atom is -0.492 e. The summed E-state index contributed by atoms with van der Waals surface area (Å²) in [4.78, 5) is 12.7. The van der Waals surface area contributed by atoms with Crippen LogP contribution < -0.4 is 4.74 Å². The smallest absolute Gasteiger partial charge is 0.328 e. The van der Waals surface area contributed by atoms with Crippen LogP contribution in [0.3, 0.4) is 0 Å². The molecule has 1 aromatic carbocycles. The zero-order valence-electron chi connectivity index (χ0n) is 11.4. The van der Waals surface area contributed by atoms with Crippen LogP contribution in [0.4, 0.5) is 0 Å². The van der Waals surface area contributed by atoms with Crippen molar-refractivity contribution < 1.29 is 14.6 Å². The monoisotopic (exact) mass is 361 g/mol. The second-order valence-electron chi connectivity index (χ2n) is 4.48. The summed E-state index contributed by atoms with van der Waals surface area (Å²) in [6.07, 6.45) is 3.41. The van der Waals surface area contributed by atoms with Crippen molar-refractivity contribution in [3.8, 4) is 5.75 Å². The molecule has 0 saturated carbocycles. The highest BCUT2D eigenvalue weighted by Gasteiger charge is 2.09. The molecular weight excluding hydrogens is 346 g/mol. The lowest BCUT2D eigenvalue weighted by Gasteiger charge is -2.13. The molecule has 0 aliphatic heterocycles. The van der Waals surface area contributed by atoms with Gasteiger partial charge in [0.2, 0.25) is 0 Å². The zero-order valence-corrected chi connectivity index (χ0v) is 13.7. The Balaban J connectivity index is 2.84. The molecule has 0 amide bonds. The Morgan fingerprint density at radius 2 is 2.20 bits per heavy atom. The van der Waals surface area contributed by atoms with Crippen LogP contribution in [-0.2, 0) is 4.79 Å². The summed E-state index contributed by atoms with van der Waals surface area (Å²) < 4.78 is 6.44. The van der Waals surface area contributed by atoms with Gasteiger partial charge < -0.3 is 14.7 Å². The van der Waals surface area contributed by atoms with Crippen molar-refractivity contribution in [1.29, 1.82) is 0 Å². The molecule has 0 unspecified atom stereocenters. The van der Waals surface area contributed by atoms with Crippen molar-refractivity contribution in [3.63, 3.8) is 0 Å². The highest BCUT2D eigenvalue weighted by Crippen LogP contribution is 2.33. The highest BCUT2D eigenvalue weighted by molar-refractivity contribution is 9.10. The number of carboxylic acids is 1. The fourth-order valence-corrected chi connectivity index (χ4v) is 2.52. The molecule has 6 heteroatoms. The first-order valence-electron chi connectivity index (χ1n) is 6.07. The van der Waals surface area contributed by atoms with Crippen LogP contribution in [0.15, 0.2) is 22.7 Å². The molecule has 0 heterocycles. The van der Waals surface area contributed by atoms with Crippen LogP contribution in [0.25, 0.3) is 6.08 Å². The van der Waals surface area contributed by atoms with Crippen molar-refractivity contribution in [2.24, 2.45) is 0 Å². The van der Waals surface area contributed by atoms with Crippen LogP contribution in [0.1, 0.15) is 12.0 Å². The van der Waals surface area contributed by atoms with Crippen LogP contribution >= 0.6 is 27.5 Å². The van der Waals surface area contributed by atoms with E-state index in [0.717, 1.165) is 19.0 Å². The lowest BCUT2D eigenvalue weighted by atomic mass is 10.2. The quantitative estimate of drug-likeness (QED) is 0.595. The molecule has 4 nitrogen and oxygen atoms in total. The summed E-state index contributed by atoms with van der Waals surface area (Å²) in [5, 5.41) is 9.22. The number of benzene rings is 1. The Hall–Kier alpha value is -1.04. The minimum absolute atomic E-state index is 0.516. The predicted octanol–water partition coefficient (Wildman–Crippen LogP) is 3.53. The zero-order chi connectivity index (χ0) is 15.1. The lowest BCUT2D eigenvalue weighted by molar-refractivity contribution is -0.131. The van der Waals surface area contributed by atoms with Crippen molar-refractivity contribution in [1.82, 2.24) is 4.90 Å². The number of hydrogen-bond acceptors (Lipinski definition) is 3. The van der Waals surface area contributed by atoms with E-state index in [2.05, 4.69) is 20.8 Å². The summed E-state index contributed by atoms with van der Waals surface area (Å²) in [5.74, 6) is -0.412. The molecular formula is C14H17BrClNO3. The SMILES string of the molecule is CN(C)CCCOc1c(Br)cc(Cl)cc1C=CC(=O)O. The summed E-state index contributed by atoms with van der Waals surface area (Å²) >= 11 is 9.35. The molecule has 1 N–H and O–H groups in total. The van der Waals surface area contributed by atoms with E-state index in [4.69, 9.17) is 21.4 Å². The number of ether oxygens (including phenoxy) is 1. The topological polar surface area (TPSA) is 49.8 Å². The molecule has 0 radical (unpaired) electrons. The molecule has 1 rings (SSSR count). The van der Waals surface area contributed by atoms with E-state index in [1.165, 1.54) is 6.08 Å². The molecule has 0 saturated heterocycles. The van der Waals surface area contributed by atoms with Gasteiger partial charge >= 0.3 is 5.97 Å². The van der Waals surface area contributed by atoms with Crippen molar-refractivity contribution >= 4 is 39.6 Å². The van der Waals surface area contributed by atoms with Gasteiger partial charge in [-0.3, -0.25) is 0 Å². The second kappa shape index (κ2) is 8.29. The van der Waals surface area contributed by atoms with E-state index < -0.39 is 5.97 Å². The standard InChI is InChI=1S/C14H17BrClNO3/c1-17(2)6-3-7-20-14-10(4-5-13(18)19)8-11(16)9-12(14)15/h4-5,8-9H,3,6-7H2,1-2H3,(H,18,19). The average molecular weight is 363 g/mol. The molecule has 0 spiro atoms. The van der Waals surface area contributed by atoms with E-state index in [1.807, 2.05) is 14.1 Å². The number of carbonyl (C=O) groups is 1. The van der Waals surface area contributed by atoms with E-state index in [0.29, 0.717) is 27.4 Å². The van der Waals surface area contributed by atoms with Gasteiger partial charge in [-0.05, 0) is 54.7 Å². The minimum atomic E-state index is -1.01. The van der Waals surface area contributed by atoms with Crippen LogP contribution in [-0.4, -0.2) is 43.2 Å². The van der Waals surface area contributed by atoms with Gasteiger partial charge in [0.1, 0.15) is 5.75 Å². The van der Waals surface area contributed by atoms with Gasteiger partial charge in [0, 0.05) is 23.2 Å². The van der Waals surface area contributed by atoms with Gasteiger partial charge in [0.15, 0.2) is 0 Å². The summed E-state index contributed by atoms with van der Waals surface area (Å²) in [5.41, 5.74) is 0.636. The number of hydrogen-bond donors (Lipinski definition) is 1. The van der Waals surface area contributed by atoms with Gasteiger partial charge in [0.05, 0.1) is 11.1 Å². The van der Waals surface area contributed by atoms with Gasteiger partial charge in [0.25, 0.3) is 0 Å². The Kier molecular flexibility index (Phi) is 7.05. The molecule has 0 aromatic heterocycles.